The van der Waals surface area contributed by atoms with Gasteiger partial charge < -0.3 is 19.9 Å². The van der Waals surface area contributed by atoms with Crippen molar-refractivity contribution in [3.05, 3.63) is 22.7 Å². The van der Waals surface area contributed by atoms with E-state index < -0.39 is 12.0 Å². The van der Waals surface area contributed by atoms with Crippen LogP contribution in [0.4, 0.5) is 0 Å². The average molecular weight is 344 g/mol. The molecule has 1 atom stereocenters. The van der Waals surface area contributed by atoms with Gasteiger partial charge in [-0.3, -0.25) is 4.79 Å². The Morgan fingerprint density at radius 1 is 1.35 bits per heavy atom. The van der Waals surface area contributed by atoms with Gasteiger partial charge in [0.05, 0.1) is 13.7 Å². The maximum absolute atomic E-state index is 11.3. The van der Waals surface area contributed by atoms with Crippen molar-refractivity contribution in [2.45, 2.75) is 46.2 Å². The molecule has 0 aliphatic heterocycles. The van der Waals surface area contributed by atoms with Gasteiger partial charge in [0.2, 0.25) is 0 Å². The highest BCUT2D eigenvalue weighted by molar-refractivity contribution is 6.31. The predicted octanol–water partition coefficient (Wildman–Crippen LogP) is 3.73. The van der Waals surface area contributed by atoms with Gasteiger partial charge in [-0.15, -0.1) is 0 Å². The van der Waals surface area contributed by atoms with Gasteiger partial charge in [0.25, 0.3) is 0 Å². The smallest absolute Gasteiger partial charge is 0.320 e. The Kier molecular flexibility index (Phi) is 8.20. The van der Waals surface area contributed by atoms with Crippen LogP contribution < -0.4 is 14.8 Å². The molecule has 6 heteroatoms. The minimum Gasteiger partial charge on any atom is -0.493 e. The number of halogens is 1. The van der Waals surface area contributed by atoms with Crippen LogP contribution in [-0.4, -0.2) is 30.8 Å². The quantitative estimate of drug-likeness (QED) is 0.677. The third kappa shape index (κ3) is 6.28. The first-order valence-electron chi connectivity index (χ1n) is 7.84. The predicted molar refractivity (Wildman–Crippen MR) is 91.5 cm³/mol. The zero-order valence-electron chi connectivity index (χ0n) is 14.2. The van der Waals surface area contributed by atoms with E-state index in [1.165, 1.54) is 0 Å². The van der Waals surface area contributed by atoms with Crippen molar-refractivity contribution in [3.8, 4) is 11.5 Å². The lowest BCUT2D eigenvalue weighted by molar-refractivity contribution is -0.140. The van der Waals surface area contributed by atoms with E-state index in [1.807, 2.05) is 20.8 Å². The summed E-state index contributed by atoms with van der Waals surface area (Å²) in [6.07, 6.45) is 1.45. The zero-order valence-corrected chi connectivity index (χ0v) is 14.9. The molecule has 0 spiro atoms. The second-order valence-electron chi connectivity index (χ2n) is 5.84. The van der Waals surface area contributed by atoms with Crippen molar-refractivity contribution in [2.75, 3.05) is 13.7 Å². The Bertz CT molecular complexity index is 520. The van der Waals surface area contributed by atoms with Crippen LogP contribution in [0.2, 0.25) is 5.02 Å². The van der Waals surface area contributed by atoms with Crippen LogP contribution >= 0.6 is 11.6 Å². The standard InChI is InChI=1S/C17H26ClNO4/c1-5-6-23-16-9-13(18)12(8-15(16)22-4)10-19-14(17(20)21)7-11(2)3/h8-9,11,14,19H,5-7,10H2,1-4H3,(H,20,21). The minimum absolute atomic E-state index is 0.290. The number of benzene rings is 1. The molecule has 0 amide bonds. The molecule has 0 aliphatic rings. The van der Waals surface area contributed by atoms with Crippen LogP contribution in [0.25, 0.3) is 0 Å². The highest BCUT2D eigenvalue weighted by Crippen LogP contribution is 2.33. The SMILES string of the molecule is CCCOc1cc(Cl)c(CNC(CC(C)C)C(=O)O)cc1OC. The number of ether oxygens (including phenoxy) is 2. The molecule has 1 unspecified atom stereocenters. The van der Waals surface area contributed by atoms with Crippen molar-refractivity contribution >= 4 is 17.6 Å². The Labute approximate surface area is 142 Å². The van der Waals surface area contributed by atoms with Gasteiger partial charge in [-0.25, -0.2) is 0 Å². The summed E-state index contributed by atoms with van der Waals surface area (Å²) in [7, 11) is 1.57. The summed E-state index contributed by atoms with van der Waals surface area (Å²) >= 11 is 6.28. The molecule has 1 aromatic carbocycles. The molecule has 0 saturated carbocycles. The third-order valence-electron chi connectivity index (χ3n) is 3.34. The molecule has 1 rings (SSSR count). The molecule has 0 fully saturated rings. The topological polar surface area (TPSA) is 67.8 Å². The zero-order chi connectivity index (χ0) is 17.4. The summed E-state index contributed by atoms with van der Waals surface area (Å²) in [6, 6.07) is 2.90. The van der Waals surface area contributed by atoms with E-state index in [4.69, 9.17) is 21.1 Å². The maximum atomic E-state index is 11.3. The van der Waals surface area contributed by atoms with E-state index in [0.29, 0.717) is 42.0 Å². The van der Waals surface area contributed by atoms with Crippen LogP contribution in [0.3, 0.4) is 0 Å². The van der Waals surface area contributed by atoms with Gasteiger partial charge in [-0.2, -0.15) is 0 Å². The van der Waals surface area contributed by atoms with E-state index in [1.54, 1.807) is 19.2 Å². The first-order chi connectivity index (χ1) is 10.9. The van der Waals surface area contributed by atoms with Gasteiger partial charge >= 0.3 is 5.97 Å². The molecule has 0 aliphatic carbocycles. The molecule has 23 heavy (non-hydrogen) atoms. The number of nitrogens with one attached hydrogen (secondary N) is 1. The fourth-order valence-corrected chi connectivity index (χ4v) is 2.39. The monoisotopic (exact) mass is 343 g/mol. The number of hydrogen-bond donors (Lipinski definition) is 2. The molecule has 5 nitrogen and oxygen atoms in total. The normalized spacial score (nSPS) is 12.3. The van der Waals surface area contributed by atoms with E-state index >= 15 is 0 Å². The fraction of sp³-hybridized carbons (Fsp3) is 0.588. The van der Waals surface area contributed by atoms with Crippen LogP contribution in [-0.2, 0) is 11.3 Å². The fourth-order valence-electron chi connectivity index (χ4n) is 2.17. The van der Waals surface area contributed by atoms with Gasteiger partial charge in [-0.1, -0.05) is 32.4 Å². The van der Waals surface area contributed by atoms with Gasteiger partial charge in [0, 0.05) is 17.6 Å². The summed E-state index contributed by atoms with van der Waals surface area (Å²) in [6.45, 7) is 6.95. The van der Waals surface area contributed by atoms with Crippen LogP contribution in [0, 0.1) is 5.92 Å². The lowest BCUT2D eigenvalue weighted by atomic mass is 10.0. The Morgan fingerprint density at radius 3 is 2.57 bits per heavy atom. The highest BCUT2D eigenvalue weighted by atomic mass is 35.5. The van der Waals surface area contributed by atoms with E-state index in [0.717, 1.165) is 12.0 Å². The number of hydrogen-bond acceptors (Lipinski definition) is 4. The lowest BCUT2D eigenvalue weighted by Crippen LogP contribution is -2.37. The number of carboxylic acid groups (broad SMARTS) is 1. The van der Waals surface area contributed by atoms with E-state index in [-0.39, 0.29) is 0 Å². The third-order valence-corrected chi connectivity index (χ3v) is 3.69. The van der Waals surface area contributed by atoms with Crippen LogP contribution in [0.1, 0.15) is 39.2 Å². The average Bonchev–Trinajstić information content (AvgIpc) is 2.49. The molecule has 0 heterocycles. The van der Waals surface area contributed by atoms with Crippen molar-refractivity contribution in [1.29, 1.82) is 0 Å². The van der Waals surface area contributed by atoms with Crippen molar-refractivity contribution < 1.29 is 19.4 Å². The Balaban J connectivity index is 2.85. The van der Waals surface area contributed by atoms with Crippen molar-refractivity contribution in [2.24, 2.45) is 5.92 Å². The summed E-state index contributed by atoms with van der Waals surface area (Å²) < 4.78 is 10.9. The van der Waals surface area contributed by atoms with Crippen LogP contribution in [0.15, 0.2) is 12.1 Å². The minimum atomic E-state index is -0.857. The number of methoxy groups -OCH3 is 1. The van der Waals surface area contributed by atoms with Gasteiger partial charge in [0.15, 0.2) is 11.5 Å². The summed E-state index contributed by atoms with van der Waals surface area (Å²) in [5.74, 6) is 0.624. The van der Waals surface area contributed by atoms with Crippen molar-refractivity contribution in [1.82, 2.24) is 5.32 Å². The number of rotatable bonds is 10. The molecule has 1 aromatic rings. The molecule has 0 bridgehead atoms. The van der Waals surface area contributed by atoms with Gasteiger partial charge in [0.1, 0.15) is 6.04 Å². The Morgan fingerprint density at radius 2 is 2.04 bits per heavy atom. The molecule has 130 valence electrons. The highest BCUT2D eigenvalue weighted by Gasteiger charge is 2.19. The molecule has 0 radical (unpaired) electrons. The van der Waals surface area contributed by atoms with E-state index in [9.17, 15) is 9.90 Å². The first kappa shape index (κ1) is 19.6. The molecule has 2 N–H and O–H groups in total. The van der Waals surface area contributed by atoms with Crippen molar-refractivity contribution in [3.63, 3.8) is 0 Å². The Hall–Kier alpha value is -1.46. The second kappa shape index (κ2) is 9.63. The summed E-state index contributed by atoms with van der Waals surface area (Å²) in [5, 5.41) is 12.8. The maximum Gasteiger partial charge on any atom is 0.320 e. The number of carbonyl (C=O) groups is 1. The van der Waals surface area contributed by atoms with Gasteiger partial charge in [-0.05, 0) is 30.4 Å². The summed E-state index contributed by atoms with van der Waals surface area (Å²) in [4.78, 5) is 11.3. The molecular weight excluding hydrogens is 318 g/mol. The summed E-state index contributed by atoms with van der Waals surface area (Å²) in [5.41, 5.74) is 0.780. The molecule has 0 saturated heterocycles. The number of carboxylic acids is 1. The molecular formula is C17H26ClNO4. The first-order valence-corrected chi connectivity index (χ1v) is 8.22. The van der Waals surface area contributed by atoms with E-state index in [2.05, 4.69) is 5.32 Å². The largest absolute Gasteiger partial charge is 0.493 e. The second-order valence-corrected chi connectivity index (χ2v) is 6.25. The number of aliphatic carboxylic acids is 1. The lowest BCUT2D eigenvalue weighted by Gasteiger charge is -2.18. The van der Waals surface area contributed by atoms with Crippen LogP contribution in [0.5, 0.6) is 11.5 Å². The molecule has 0 aromatic heterocycles.